The number of carbonyl (C=O) groups is 1. The number of carbonyl (C=O) groups excluding carboxylic acids is 1. The SMILES string of the molecule is C=CCOC(=O)C(C#N)=Cc1ccc(-c2cc(Cl)ccc2Cl)o1. The summed E-state index contributed by atoms with van der Waals surface area (Å²) >= 11 is 12.1. The molecule has 0 aliphatic rings. The first-order chi connectivity index (χ1) is 11.0. The molecule has 0 atom stereocenters. The second-order valence-electron chi connectivity index (χ2n) is 4.38. The normalized spacial score (nSPS) is 10.9. The first-order valence-corrected chi connectivity index (χ1v) is 7.26. The Kier molecular flexibility index (Phi) is 5.64. The molecule has 2 aromatic rings. The predicted octanol–water partition coefficient (Wildman–Crippen LogP) is 4.89. The van der Waals surface area contributed by atoms with Crippen LogP contribution in [0.2, 0.25) is 10.0 Å². The Bertz CT molecular complexity index is 815. The number of esters is 1. The number of rotatable bonds is 5. The van der Waals surface area contributed by atoms with Gasteiger partial charge in [0.1, 0.15) is 29.8 Å². The van der Waals surface area contributed by atoms with Crippen molar-refractivity contribution in [3.05, 3.63) is 64.4 Å². The number of hydrogen-bond acceptors (Lipinski definition) is 4. The highest BCUT2D eigenvalue weighted by atomic mass is 35.5. The van der Waals surface area contributed by atoms with Crippen LogP contribution in [0.4, 0.5) is 0 Å². The molecule has 0 saturated carbocycles. The standard InChI is InChI=1S/C17H11Cl2NO3/c1-2-7-22-17(21)11(10-20)8-13-4-6-16(23-13)14-9-12(18)3-5-15(14)19/h2-6,8-9H,1,7H2. The predicted molar refractivity (Wildman–Crippen MR) is 88.9 cm³/mol. The maximum atomic E-state index is 11.7. The van der Waals surface area contributed by atoms with Crippen molar-refractivity contribution in [3.63, 3.8) is 0 Å². The van der Waals surface area contributed by atoms with Crippen LogP contribution in [0.3, 0.4) is 0 Å². The third-order valence-corrected chi connectivity index (χ3v) is 3.34. The van der Waals surface area contributed by atoms with Crippen molar-refractivity contribution in [2.75, 3.05) is 6.61 Å². The fourth-order valence-corrected chi connectivity index (χ4v) is 2.14. The van der Waals surface area contributed by atoms with E-state index in [2.05, 4.69) is 6.58 Å². The topological polar surface area (TPSA) is 63.2 Å². The van der Waals surface area contributed by atoms with Crippen molar-refractivity contribution in [1.29, 1.82) is 5.26 Å². The van der Waals surface area contributed by atoms with Crippen LogP contribution >= 0.6 is 23.2 Å². The van der Waals surface area contributed by atoms with Crippen LogP contribution in [0.5, 0.6) is 0 Å². The Balaban J connectivity index is 2.29. The van der Waals surface area contributed by atoms with Crippen molar-refractivity contribution in [2.45, 2.75) is 0 Å². The first-order valence-electron chi connectivity index (χ1n) is 6.50. The van der Waals surface area contributed by atoms with E-state index in [0.717, 1.165) is 0 Å². The molecule has 1 aromatic heterocycles. The number of hydrogen-bond donors (Lipinski definition) is 0. The lowest BCUT2D eigenvalue weighted by molar-refractivity contribution is -0.137. The Morgan fingerprint density at radius 3 is 2.83 bits per heavy atom. The molecule has 0 saturated heterocycles. The van der Waals surface area contributed by atoms with Gasteiger partial charge >= 0.3 is 5.97 Å². The summed E-state index contributed by atoms with van der Waals surface area (Å²) in [4.78, 5) is 11.7. The summed E-state index contributed by atoms with van der Waals surface area (Å²) in [7, 11) is 0. The lowest BCUT2D eigenvalue weighted by Crippen LogP contribution is -2.06. The van der Waals surface area contributed by atoms with Crippen LogP contribution in [-0.2, 0) is 9.53 Å². The molecule has 1 aromatic carbocycles. The fraction of sp³-hybridized carbons (Fsp3) is 0.0588. The molecule has 4 nitrogen and oxygen atoms in total. The highest BCUT2D eigenvalue weighted by Gasteiger charge is 2.13. The highest BCUT2D eigenvalue weighted by molar-refractivity contribution is 6.35. The number of benzene rings is 1. The summed E-state index contributed by atoms with van der Waals surface area (Å²) < 4.78 is 10.4. The van der Waals surface area contributed by atoms with Gasteiger partial charge in [-0.15, -0.1) is 0 Å². The smallest absolute Gasteiger partial charge is 0.349 e. The van der Waals surface area contributed by atoms with Crippen LogP contribution in [0, 0.1) is 11.3 Å². The van der Waals surface area contributed by atoms with E-state index in [1.54, 1.807) is 36.4 Å². The molecule has 0 N–H and O–H groups in total. The van der Waals surface area contributed by atoms with Crippen molar-refractivity contribution in [3.8, 4) is 17.4 Å². The van der Waals surface area contributed by atoms with Crippen LogP contribution < -0.4 is 0 Å². The summed E-state index contributed by atoms with van der Waals surface area (Å²) in [5, 5.41) is 10.0. The molecular formula is C17H11Cl2NO3. The van der Waals surface area contributed by atoms with Crippen LogP contribution in [0.15, 0.2) is 53.0 Å². The average Bonchev–Trinajstić information content (AvgIpc) is 3.01. The van der Waals surface area contributed by atoms with Gasteiger partial charge in [0.05, 0.1) is 5.02 Å². The Labute approximate surface area is 143 Å². The van der Waals surface area contributed by atoms with E-state index in [1.165, 1.54) is 12.2 Å². The number of nitrogens with zero attached hydrogens (tertiary/aromatic N) is 1. The lowest BCUT2D eigenvalue weighted by atomic mass is 10.2. The summed E-state index contributed by atoms with van der Waals surface area (Å²) in [6.07, 6.45) is 2.71. The third-order valence-electron chi connectivity index (χ3n) is 2.78. The van der Waals surface area contributed by atoms with Gasteiger partial charge in [-0.1, -0.05) is 35.9 Å². The minimum Gasteiger partial charge on any atom is -0.457 e. The largest absolute Gasteiger partial charge is 0.457 e. The summed E-state index contributed by atoms with van der Waals surface area (Å²) in [5.41, 5.74) is 0.441. The van der Waals surface area contributed by atoms with Crippen molar-refractivity contribution in [1.82, 2.24) is 0 Å². The molecule has 0 spiro atoms. The van der Waals surface area contributed by atoms with E-state index < -0.39 is 5.97 Å². The van der Waals surface area contributed by atoms with Crippen LogP contribution in [0.1, 0.15) is 5.76 Å². The van der Waals surface area contributed by atoms with Gasteiger partial charge in [-0.2, -0.15) is 5.26 Å². The fourth-order valence-electron chi connectivity index (χ4n) is 1.75. The average molecular weight is 348 g/mol. The second kappa shape index (κ2) is 7.68. The van der Waals surface area contributed by atoms with E-state index in [9.17, 15) is 4.79 Å². The number of ether oxygens (including phenoxy) is 1. The molecule has 0 radical (unpaired) electrons. The highest BCUT2D eigenvalue weighted by Crippen LogP contribution is 2.32. The molecule has 0 aliphatic heterocycles. The van der Waals surface area contributed by atoms with Gasteiger partial charge in [-0.25, -0.2) is 4.79 Å². The lowest BCUT2D eigenvalue weighted by Gasteiger charge is -2.01. The number of halogens is 2. The van der Waals surface area contributed by atoms with Gasteiger partial charge in [0, 0.05) is 16.7 Å². The molecule has 0 fully saturated rings. The maximum absolute atomic E-state index is 11.7. The molecule has 1 heterocycles. The first kappa shape index (κ1) is 16.9. The van der Waals surface area contributed by atoms with Gasteiger partial charge in [0.25, 0.3) is 0 Å². The van der Waals surface area contributed by atoms with E-state index >= 15 is 0 Å². The van der Waals surface area contributed by atoms with Crippen molar-refractivity contribution in [2.24, 2.45) is 0 Å². The van der Waals surface area contributed by atoms with E-state index in [4.69, 9.17) is 37.6 Å². The van der Waals surface area contributed by atoms with Gasteiger partial charge in [0.15, 0.2) is 0 Å². The third kappa shape index (κ3) is 4.26. The van der Waals surface area contributed by atoms with Gasteiger partial charge in [-0.05, 0) is 30.3 Å². The monoisotopic (exact) mass is 347 g/mol. The Morgan fingerprint density at radius 2 is 2.13 bits per heavy atom. The van der Waals surface area contributed by atoms with Gasteiger partial charge < -0.3 is 9.15 Å². The molecule has 0 aliphatic carbocycles. The molecule has 0 amide bonds. The molecule has 0 bridgehead atoms. The summed E-state index contributed by atoms with van der Waals surface area (Å²) in [5.74, 6) is 0.0507. The zero-order valence-electron chi connectivity index (χ0n) is 11.9. The zero-order valence-corrected chi connectivity index (χ0v) is 13.4. The molecule has 116 valence electrons. The summed E-state index contributed by atoms with van der Waals surface area (Å²) in [6, 6.07) is 10.1. The van der Waals surface area contributed by atoms with Crippen molar-refractivity contribution < 1.29 is 13.9 Å². The molecule has 0 unspecified atom stereocenters. The quantitative estimate of drug-likeness (QED) is 0.334. The minimum atomic E-state index is -0.744. The molecular weight excluding hydrogens is 337 g/mol. The minimum absolute atomic E-state index is 0.0272. The van der Waals surface area contributed by atoms with Gasteiger partial charge in [-0.3, -0.25) is 0 Å². The van der Waals surface area contributed by atoms with Crippen molar-refractivity contribution >= 4 is 35.2 Å². The van der Waals surface area contributed by atoms with Crippen LogP contribution in [-0.4, -0.2) is 12.6 Å². The molecule has 23 heavy (non-hydrogen) atoms. The van der Waals surface area contributed by atoms with Gasteiger partial charge in [0.2, 0.25) is 0 Å². The van der Waals surface area contributed by atoms with E-state index in [1.807, 2.05) is 0 Å². The van der Waals surface area contributed by atoms with Crippen LogP contribution in [0.25, 0.3) is 17.4 Å². The number of furan rings is 1. The maximum Gasteiger partial charge on any atom is 0.349 e. The molecule has 2 rings (SSSR count). The Hall–Kier alpha value is -2.48. The Morgan fingerprint density at radius 1 is 1.35 bits per heavy atom. The second-order valence-corrected chi connectivity index (χ2v) is 5.23. The van der Waals surface area contributed by atoms with E-state index in [0.29, 0.717) is 27.1 Å². The number of nitriles is 1. The zero-order chi connectivity index (χ0) is 16.8. The summed E-state index contributed by atoms with van der Waals surface area (Å²) in [6.45, 7) is 3.46. The van der Waals surface area contributed by atoms with E-state index in [-0.39, 0.29) is 12.2 Å². The molecule has 6 heteroatoms.